The summed E-state index contributed by atoms with van der Waals surface area (Å²) in [5, 5.41) is 24.0. The Kier molecular flexibility index (Phi) is 3.76. The molecule has 0 aliphatic carbocycles. The number of nitro groups is 1. The van der Waals surface area contributed by atoms with Gasteiger partial charge in [0.15, 0.2) is 0 Å². The molecule has 2 saturated heterocycles. The fraction of sp³-hybridized carbons (Fsp3) is 0.615. The van der Waals surface area contributed by atoms with Gasteiger partial charge in [-0.15, -0.1) is 0 Å². The molecular weight excluding hydrogens is 308 g/mol. The summed E-state index contributed by atoms with van der Waals surface area (Å²) in [6.07, 6.45) is 2.63. The van der Waals surface area contributed by atoms with E-state index in [-0.39, 0.29) is 30.6 Å². The maximum absolute atomic E-state index is 12.4. The van der Waals surface area contributed by atoms with Crippen LogP contribution in [0.5, 0.6) is 0 Å². The smallest absolute Gasteiger partial charge is 0.311 e. The van der Waals surface area contributed by atoms with Crippen LogP contribution in [-0.2, 0) is 20.9 Å². The fourth-order valence-electron chi connectivity index (χ4n) is 3.26. The Labute approximate surface area is 130 Å². The number of hydrogen-bond donors (Lipinski definition) is 1. The van der Waals surface area contributed by atoms with Crippen LogP contribution in [0.25, 0.3) is 0 Å². The van der Waals surface area contributed by atoms with E-state index in [1.54, 1.807) is 0 Å². The molecule has 2 fully saturated rings. The van der Waals surface area contributed by atoms with Crippen molar-refractivity contribution in [1.82, 2.24) is 14.7 Å². The third-order valence-electron chi connectivity index (χ3n) is 4.61. The van der Waals surface area contributed by atoms with Gasteiger partial charge in [-0.05, 0) is 6.42 Å². The minimum absolute atomic E-state index is 0.137. The van der Waals surface area contributed by atoms with E-state index in [9.17, 15) is 24.8 Å². The molecule has 2 aliphatic rings. The maximum Gasteiger partial charge on any atom is 0.311 e. The lowest BCUT2D eigenvalue weighted by molar-refractivity contribution is -0.385. The van der Waals surface area contributed by atoms with Crippen LogP contribution in [-0.4, -0.2) is 62.9 Å². The second-order valence-electron chi connectivity index (χ2n) is 5.91. The summed E-state index contributed by atoms with van der Waals surface area (Å²) < 4.78 is 6.53. The largest absolute Gasteiger partial charge is 0.481 e. The monoisotopic (exact) mass is 324 g/mol. The van der Waals surface area contributed by atoms with Gasteiger partial charge in [0.25, 0.3) is 0 Å². The molecule has 2 aliphatic heterocycles. The van der Waals surface area contributed by atoms with Crippen molar-refractivity contribution in [2.24, 2.45) is 11.3 Å². The van der Waals surface area contributed by atoms with Gasteiger partial charge < -0.3 is 14.7 Å². The molecule has 1 N–H and O–H groups in total. The third kappa shape index (κ3) is 2.65. The number of amides is 1. The average Bonchev–Trinajstić information content (AvgIpc) is 3.11. The number of likely N-dealkylation sites (tertiary alicyclic amines) is 1. The average molecular weight is 324 g/mol. The van der Waals surface area contributed by atoms with E-state index >= 15 is 0 Å². The first kappa shape index (κ1) is 15.4. The van der Waals surface area contributed by atoms with Crippen LogP contribution in [0.2, 0.25) is 0 Å². The van der Waals surface area contributed by atoms with Gasteiger partial charge in [0.05, 0.1) is 16.9 Å². The number of hydrogen-bond acceptors (Lipinski definition) is 6. The second kappa shape index (κ2) is 5.61. The Hall–Kier alpha value is -2.49. The zero-order valence-corrected chi connectivity index (χ0v) is 12.3. The van der Waals surface area contributed by atoms with Gasteiger partial charge in [0.2, 0.25) is 5.91 Å². The number of fused-ring (bicyclic) bond motifs is 1. The first-order valence-electron chi connectivity index (χ1n) is 7.18. The molecule has 1 aromatic rings. The quantitative estimate of drug-likeness (QED) is 0.597. The van der Waals surface area contributed by atoms with Crippen molar-refractivity contribution in [3.63, 3.8) is 0 Å². The van der Waals surface area contributed by atoms with Gasteiger partial charge in [-0.2, -0.15) is 5.10 Å². The number of carbonyl (C=O) groups is 2. The Balaban J connectivity index is 1.71. The maximum atomic E-state index is 12.4. The van der Waals surface area contributed by atoms with Crippen molar-refractivity contribution in [2.75, 3.05) is 26.3 Å². The molecule has 0 bridgehead atoms. The Morgan fingerprint density at radius 1 is 1.57 bits per heavy atom. The first-order valence-corrected chi connectivity index (χ1v) is 7.18. The van der Waals surface area contributed by atoms with E-state index in [1.165, 1.54) is 15.8 Å². The molecule has 0 saturated carbocycles. The molecule has 0 spiro atoms. The summed E-state index contributed by atoms with van der Waals surface area (Å²) in [5.74, 6) is -1.45. The van der Waals surface area contributed by atoms with Crippen molar-refractivity contribution in [2.45, 2.75) is 13.0 Å². The Bertz CT molecular complexity index is 659. The zero-order chi connectivity index (χ0) is 16.6. The second-order valence-corrected chi connectivity index (χ2v) is 5.91. The predicted molar refractivity (Wildman–Crippen MR) is 74.5 cm³/mol. The molecule has 1 aromatic heterocycles. The summed E-state index contributed by atoms with van der Waals surface area (Å²) in [7, 11) is 0. The normalized spacial score (nSPS) is 26.8. The summed E-state index contributed by atoms with van der Waals surface area (Å²) in [5.41, 5.74) is -1.15. The number of carboxylic acids is 1. The van der Waals surface area contributed by atoms with Gasteiger partial charge in [0, 0.05) is 25.6 Å². The molecule has 10 nitrogen and oxygen atoms in total. The van der Waals surface area contributed by atoms with E-state index in [4.69, 9.17) is 4.74 Å². The van der Waals surface area contributed by atoms with Gasteiger partial charge in [-0.25, -0.2) is 0 Å². The van der Waals surface area contributed by atoms with Gasteiger partial charge >= 0.3 is 11.7 Å². The molecule has 2 atom stereocenters. The molecule has 124 valence electrons. The number of nitrogens with zero attached hydrogens (tertiary/aromatic N) is 4. The standard InChI is InChI=1S/C13H16N4O6/c18-11(6-16-5-10(3-14-16)17(21)22)15-4-9-7-23-2-1-13(9,8-15)12(19)20/h3,5,9H,1-2,4,6-8H2,(H,19,20)/t9-,13+/m0/s1. The van der Waals surface area contributed by atoms with Crippen LogP contribution >= 0.6 is 0 Å². The lowest BCUT2D eigenvalue weighted by Crippen LogP contribution is -2.45. The van der Waals surface area contributed by atoms with Gasteiger partial charge in [-0.1, -0.05) is 0 Å². The summed E-state index contributed by atoms with van der Waals surface area (Å²) in [4.78, 5) is 35.6. The van der Waals surface area contributed by atoms with E-state index in [2.05, 4.69) is 5.10 Å². The van der Waals surface area contributed by atoms with Crippen LogP contribution in [0.15, 0.2) is 12.4 Å². The number of carbonyl (C=O) groups excluding carboxylic acids is 1. The molecule has 0 unspecified atom stereocenters. The van der Waals surface area contributed by atoms with E-state index < -0.39 is 16.3 Å². The van der Waals surface area contributed by atoms with Crippen molar-refractivity contribution in [3.8, 4) is 0 Å². The van der Waals surface area contributed by atoms with Crippen LogP contribution < -0.4 is 0 Å². The SMILES string of the molecule is O=C(Cn1cc([N+](=O)[O-])cn1)N1C[C@H]2COCC[C@@]2(C(=O)O)C1. The highest BCUT2D eigenvalue weighted by Crippen LogP contribution is 2.42. The molecule has 3 rings (SSSR count). The summed E-state index contributed by atoms with van der Waals surface area (Å²) in [6, 6.07) is 0. The number of rotatable bonds is 4. The lowest BCUT2D eigenvalue weighted by atomic mass is 9.74. The van der Waals surface area contributed by atoms with Gasteiger partial charge in [-0.3, -0.25) is 24.4 Å². The molecular formula is C13H16N4O6. The lowest BCUT2D eigenvalue weighted by Gasteiger charge is -2.33. The Morgan fingerprint density at radius 2 is 2.35 bits per heavy atom. The minimum Gasteiger partial charge on any atom is -0.481 e. The molecule has 3 heterocycles. The van der Waals surface area contributed by atoms with Gasteiger partial charge in [0.1, 0.15) is 18.9 Å². The van der Waals surface area contributed by atoms with Crippen LogP contribution in [0.3, 0.4) is 0 Å². The molecule has 0 radical (unpaired) electrons. The summed E-state index contributed by atoms with van der Waals surface area (Å²) in [6.45, 7) is 0.990. The molecule has 10 heteroatoms. The fourth-order valence-corrected chi connectivity index (χ4v) is 3.26. The first-order chi connectivity index (χ1) is 10.9. The van der Waals surface area contributed by atoms with Crippen LogP contribution in [0.1, 0.15) is 6.42 Å². The third-order valence-corrected chi connectivity index (χ3v) is 4.61. The van der Waals surface area contributed by atoms with E-state index in [0.29, 0.717) is 26.2 Å². The number of aromatic nitrogens is 2. The van der Waals surface area contributed by atoms with Crippen molar-refractivity contribution >= 4 is 17.6 Å². The van der Waals surface area contributed by atoms with E-state index in [1.807, 2.05) is 0 Å². The minimum atomic E-state index is -0.954. The highest BCUT2D eigenvalue weighted by atomic mass is 16.6. The van der Waals surface area contributed by atoms with Crippen LogP contribution in [0, 0.1) is 21.4 Å². The van der Waals surface area contributed by atoms with Crippen LogP contribution in [0.4, 0.5) is 5.69 Å². The predicted octanol–water partition coefficient (Wildman–Crippen LogP) is -0.259. The number of carboxylic acid groups (broad SMARTS) is 1. The highest BCUT2D eigenvalue weighted by Gasteiger charge is 2.54. The van der Waals surface area contributed by atoms with Crippen molar-refractivity contribution in [3.05, 3.63) is 22.5 Å². The molecule has 0 aromatic carbocycles. The van der Waals surface area contributed by atoms with E-state index in [0.717, 1.165) is 6.20 Å². The summed E-state index contributed by atoms with van der Waals surface area (Å²) >= 11 is 0. The molecule has 1 amide bonds. The van der Waals surface area contributed by atoms with Crippen molar-refractivity contribution < 1.29 is 24.4 Å². The Morgan fingerprint density at radius 3 is 2.96 bits per heavy atom. The molecule has 23 heavy (non-hydrogen) atoms. The number of aliphatic carboxylic acids is 1. The topological polar surface area (TPSA) is 128 Å². The van der Waals surface area contributed by atoms with Crippen molar-refractivity contribution in [1.29, 1.82) is 0 Å². The highest BCUT2D eigenvalue weighted by molar-refractivity contribution is 5.81. The number of ether oxygens (including phenoxy) is 1. The zero-order valence-electron chi connectivity index (χ0n) is 12.3.